The van der Waals surface area contributed by atoms with Crippen molar-refractivity contribution >= 4 is 58.2 Å². The second-order valence-electron chi connectivity index (χ2n) is 14.3. The van der Waals surface area contributed by atoms with Crippen LogP contribution in [-0.2, 0) is 5.41 Å². The maximum Gasteiger partial charge on any atom is 0.0726 e. The molecule has 0 amide bonds. The van der Waals surface area contributed by atoms with Crippen LogP contribution in [0.2, 0.25) is 0 Å². The van der Waals surface area contributed by atoms with Gasteiger partial charge in [0.2, 0.25) is 0 Å². The van der Waals surface area contributed by atoms with Crippen molar-refractivity contribution in [3.8, 4) is 22.3 Å². The standard InChI is InChI=1S/C51H38P2/c1-52(37-19-7-3-8-20-37,38-21-9-4-10-22-38)41-31-33-45-43-27-15-17-29-47(43)51(49(45)35-41)48-30-18-16-28-44(48)46-34-32-42(36-50(46)51)53(2,39-23-11-5-12-24-39)40-25-13-6-14-26-40/h3-36H,1-2H2. The van der Waals surface area contributed by atoms with Crippen molar-refractivity contribution < 1.29 is 0 Å². The first kappa shape index (κ1) is 32.0. The number of hydrogen-bond donors (Lipinski definition) is 0. The molecule has 2 aliphatic rings. The molecule has 0 N–H and O–H groups in total. The molecule has 0 unspecified atom stereocenters. The molecule has 0 fully saturated rings. The van der Waals surface area contributed by atoms with Gasteiger partial charge in [-0.25, -0.2) is 0 Å². The van der Waals surface area contributed by atoms with Crippen molar-refractivity contribution in [1.29, 1.82) is 0 Å². The van der Waals surface area contributed by atoms with Crippen LogP contribution in [0.15, 0.2) is 206 Å². The van der Waals surface area contributed by atoms with Gasteiger partial charge in [-0.3, -0.25) is 0 Å². The minimum Gasteiger partial charge on any atom is -0.0887 e. The van der Waals surface area contributed by atoms with E-state index in [0.717, 1.165) is 0 Å². The van der Waals surface area contributed by atoms with Crippen LogP contribution in [0.25, 0.3) is 22.3 Å². The minimum atomic E-state index is -2.25. The zero-order valence-electron chi connectivity index (χ0n) is 29.4. The third-order valence-corrected chi connectivity index (χ3v) is 18.8. The molecular weight excluding hydrogens is 675 g/mol. The first-order chi connectivity index (χ1) is 26.1. The minimum absolute atomic E-state index is 0.500. The SMILES string of the molecule is C=P(c1ccccc1)(c1ccccc1)c1ccc2c(c1)C1(c3ccccc3-2)c2ccccc2-c2ccc(P(=C)(c3ccccc3)c3ccccc3)cc21. The fourth-order valence-electron chi connectivity index (χ4n) is 9.21. The van der Waals surface area contributed by atoms with Crippen LogP contribution in [0, 0.1) is 0 Å². The molecule has 0 heterocycles. The van der Waals surface area contributed by atoms with E-state index in [1.807, 2.05) is 0 Å². The van der Waals surface area contributed by atoms with E-state index in [2.05, 4.69) is 206 Å². The molecular formula is C51H38P2. The number of hydrogen-bond acceptors (Lipinski definition) is 0. The summed E-state index contributed by atoms with van der Waals surface area (Å²) in [5, 5.41) is 7.70. The van der Waals surface area contributed by atoms with Crippen molar-refractivity contribution in [3.05, 3.63) is 229 Å². The van der Waals surface area contributed by atoms with E-state index in [4.69, 9.17) is 12.6 Å². The monoisotopic (exact) mass is 712 g/mol. The normalized spacial score (nSPS) is 13.6. The van der Waals surface area contributed by atoms with Gasteiger partial charge in [0.1, 0.15) is 0 Å². The summed E-state index contributed by atoms with van der Waals surface area (Å²) in [6.45, 7) is -4.50. The first-order valence-corrected chi connectivity index (χ1v) is 22.2. The molecule has 252 valence electrons. The summed E-state index contributed by atoms with van der Waals surface area (Å²) in [4.78, 5) is 0. The van der Waals surface area contributed by atoms with Crippen LogP contribution in [0.3, 0.4) is 0 Å². The maximum atomic E-state index is 5.18. The second-order valence-corrected chi connectivity index (χ2v) is 20.6. The Labute approximate surface area is 313 Å². The smallest absolute Gasteiger partial charge is 0.0726 e. The Morgan fingerprint density at radius 3 is 0.887 bits per heavy atom. The molecule has 8 aromatic rings. The first-order valence-electron chi connectivity index (χ1n) is 18.2. The Morgan fingerprint density at radius 1 is 0.264 bits per heavy atom. The van der Waals surface area contributed by atoms with Gasteiger partial charge in [0.25, 0.3) is 0 Å². The van der Waals surface area contributed by atoms with Crippen molar-refractivity contribution in [1.82, 2.24) is 0 Å². The molecule has 1 spiro atoms. The van der Waals surface area contributed by atoms with Crippen molar-refractivity contribution in [2.75, 3.05) is 0 Å². The molecule has 0 aromatic heterocycles. The molecule has 0 atom stereocenters. The van der Waals surface area contributed by atoms with E-state index in [9.17, 15) is 0 Å². The molecule has 53 heavy (non-hydrogen) atoms. The average Bonchev–Trinajstić information content (AvgIpc) is 3.71. The Morgan fingerprint density at radius 2 is 0.547 bits per heavy atom. The van der Waals surface area contributed by atoms with E-state index in [1.54, 1.807) is 0 Å². The average molecular weight is 713 g/mol. The molecule has 0 saturated carbocycles. The van der Waals surface area contributed by atoms with Crippen LogP contribution in [-0.4, -0.2) is 12.6 Å². The van der Waals surface area contributed by atoms with E-state index in [0.29, 0.717) is 0 Å². The largest absolute Gasteiger partial charge is 0.0887 e. The van der Waals surface area contributed by atoms with Gasteiger partial charge in [0, 0.05) is 0 Å². The third-order valence-electron chi connectivity index (χ3n) is 11.7. The quantitative estimate of drug-likeness (QED) is 0.151. The van der Waals surface area contributed by atoms with Crippen molar-refractivity contribution in [3.63, 3.8) is 0 Å². The fourth-order valence-corrected chi connectivity index (χ4v) is 15.1. The van der Waals surface area contributed by atoms with Crippen LogP contribution in [0.1, 0.15) is 22.3 Å². The summed E-state index contributed by atoms with van der Waals surface area (Å²) >= 11 is 0. The van der Waals surface area contributed by atoms with Crippen molar-refractivity contribution in [2.45, 2.75) is 5.41 Å². The summed E-state index contributed by atoms with van der Waals surface area (Å²) in [5.74, 6) is 0. The molecule has 0 nitrogen and oxygen atoms in total. The molecule has 0 bridgehead atoms. The third kappa shape index (κ3) is 4.50. The predicted molar refractivity (Wildman–Crippen MR) is 234 cm³/mol. The Bertz CT molecular complexity index is 2480. The lowest BCUT2D eigenvalue weighted by atomic mass is 9.70. The van der Waals surface area contributed by atoms with Crippen LogP contribution >= 0.6 is 13.8 Å². The lowest BCUT2D eigenvalue weighted by Gasteiger charge is -2.34. The zero-order valence-corrected chi connectivity index (χ0v) is 31.2. The Balaban J connectivity index is 1.30. The summed E-state index contributed by atoms with van der Waals surface area (Å²) in [5.41, 5.74) is 10.1. The molecule has 0 aliphatic heterocycles. The van der Waals surface area contributed by atoms with E-state index >= 15 is 0 Å². The van der Waals surface area contributed by atoms with Gasteiger partial charge in [-0.05, 0) is 102 Å². The molecule has 8 aromatic carbocycles. The van der Waals surface area contributed by atoms with Crippen molar-refractivity contribution in [2.24, 2.45) is 0 Å². The van der Waals surface area contributed by atoms with Crippen LogP contribution in [0.4, 0.5) is 0 Å². The van der Waals surface area contributed by atoms with Crippen LogP contribution in [0.5, 0.6) is 0 Å². The summed E-state index contributed by atoms with van der Waals surface area (Å²) in [6.07, 6.45) is 10.4. The van der Waals surface area contributed by atoms with Gasteiger partial charge in [-0.1, -0.05) is 207 Å². The van der Waals surface area contributed by atoms with E-state index < -0.39 is 19.2 Å². The summed E-state index contributed by atoms with van der Waals surface area (Å²) < 4.78 is 0. The van der Waals surface area contributed by atoms with Gasteiger partial charge < -0.3 is 0 Å². The lowest BCUT2D eigenvalue weighted by Crippen LogP contribution is -2.31. The van der Waals surface area contributed by atoms with E-state index in [-0.39, 0.29) is 0 Å². The zero-order chi connectivity index (χ0) is 35.6. The van der Waals surface area contributed by atoms with E-state index in [1.165, 1.54) is 76.3 Å². The summed E-state index contributed by atoms with van der Waals surface area (Å²) in [7, 11) is 0. The highest BCUT2D eigenvalue weighted by atomic mass is 31.2. The highest BCUT2D eigenvalue weighted by Gasteiger charge is 2.52. The number of fused-ring (bicyclic) bond motifs is 10. The Hall–Kier alpha value is -5.64. The Kier molecular flexibility index (Phi) is 7.39. The molecule has 0 saturated heterocycles. The predicted octanol–water partition coefficient (Wildman–Crippen LogP) is 9.48. The van der Waals surface area contributed by atoms with Gasteiger partial charge in [-0.2, -0.15) is 0 Å². The second kappa shape index (κ2) is 12.2. The summed E-state index contributed by atoms with van der Waals surface area (Å²) in [6, 6.07) is 76.6. The van der Waals surface area contributed by atoms with Gasteiger partial charge >= 0.3 is 0 Å². The van der Waals surface area contributed by atoms with Gasteiger partial charge in [-0.15, -0.1) is 0 Å². The fraction of sp³-hybridized carbons (Fsp3) is 0.0196. The van der Waals surface area contributed by atoms with Gasteiger partial charge in [0.05, 0.1) is 5.41 Å². The number of benzene rings is 8. The molecule has 2 heteroatoms. The molecule has 10 rings (SSSR count). The van der Waals surface area contributed by atoms with Crippen LogP contribution < -0.4 is 31.8 Å². The maximum absolute atomic E-state index is 5.18. The molecule has 2 aliphatic carbocycles. The lowest BCUT2D eigenvalue weighted by molar-refractivity contribution is 0.795. The molecule has 0 radical (unpaired) electrons. The topological polar surface area (TPSA) is 0 Å². The van der Waals surface area contributed by atoms with Gasteiger partial charge in [0.15, 0.2) is 0 Å². The highest BCUT2D eigenvalue weighted by molar-refractivity contribution is 7.93. The highest BCUT2D eigenvalue weighted by Crippen LogP contribution is 2.63. The number of rotatable bonds is 6.